The Morgan fingerprint density at radius 1 is 0.760 bits per heavy atom. The normalized spacial score (nSPS) is 29.6. The van der Waals surface area contributed by atoms with Crippen LogP contribution in [0.3, 0.4) is 0 Å². The molecule has 0 bridgehead atoms. The molecule has 0 spiro atoms. The van der Waals surface area contributed by atoms with Gasteiger partial charge in [-0.15, -0.1) is 0 Å². The molecule has 4 amide bonds. The van der Waals surface area contributed by atoms with Crippen molar-refractivity contribution >= 4 is 51.7 Å². The molecule has 6 atom stereocenters. The molecule has 252 valence electrons. The number of amides is 4. The molecule has 7 nitrogen and oxygen atoms in total. The minimum absolute atomic E-state index is 0.0462. The molecule has 9 rings (SSSR count). The molecule has 2 heterocycles. The maximum absolute atomic E-state index is 15.4. The second-order valence-corrected chi connectivity index (χ2v) is 15.1. The highest BCUT2D eigenvalue weighted by molar-refractivity contribution is 6.32. The average molecular weight is 685 g/mol. The van der Waals surface area contributed by atoms with Gasteiger partial charge in [-0.05, 0) is 60.7 Å². The van der Waals surface area contributed by atoms with Crippen molar-refractivity contribution in [3.63, 3.8) is 0 Å². The first-order chi connectivity index (χ1) is 24.3. The molecule has 6 unspecified atom stereocenters. The second-order valence-electron chi connectivity index (χ2n) is 14.7. The fourth-order valence-corrected chi connectivity index (χ4v) is 10.5. The van der Waals surface area contributed by atoms with Crippen molar-refractivity contribution in [2.45, 2.75) is 62.3 Å². The first-order valence-corrected chi connectivity index (χ1v) is 18.2. The zero-order valence-electron chi connectivity index (χ0n) is 27.5. The number of rotatable bonds is 4. The highest BCUT2D eigenvalue weighted by atomic mass is 35.5. The Bertz CT molecular complexity index is 2120. The van der Waals surface area contributed by atoms with E-state index in [1.54, 1.807) is 29.2 Å². The van der Waals surface area contributed by atoms with Crippen LogP contribution in [0.2, 0.25) is 5.02 Å². The molecule has 4 fully saturated rings. The molecule has 50 heavy (non-hydrogen) atoms. The zero-order chi connectivity index (χ0) is 34.3. The number of phenolic OH excluding ortho intramolecular Hbond substituents is 1. The van der Waals surface area contributed by atoms with Crippen LogP contribution >= 0.6 is 11.6 Å². The molecule has 4 aromatic rings. The first kappa shape index (κ1) is 31.2. The van der Waals surface area contributed by atoms with Gasteiger partial charge in [-0.2, -0.15) is 0 Å². The van der Waals surface area contributed by atoms with Crippen LogP contribution in [0, 0.1) is 23.7 Å². The maximum atomic E-state index is 15.4. The van der Waals surface area contributed by atoms with Gasteiger partial charge in [0.1, 0.15) is 5.75 Å². The van der Waals surface area contributed by atoms with Crippen LogP contribution in [0.15, 0.2) is 103 Å². The lowest BCUT2D eigenvalue weighted by molar-refractivity contribution is -0.143. The molecule has 3 aliphatic carbocycles. The number of imide groups is 2. The van der Waals surface area contributed by atoms with Crippen molar-refractivity contribution < 1.29 is 24.3 Å². The van der Waals surface area contributed by atoms with Crippen LogP contribution in [0.25, 0.3) is 10.8 Å². The van der Waals surface area contributed by atoms with Crippen LogP contribution in [0.1, 0.15) is 62.0 Å². The van der Waals surface area contributed by atoms with E-state index in [1.807, 2.05) is 66.7 Å². The summed E-state index contributed by atoms with van der Waals surface area (Å²) < 4.78 is 0. The number of carbonyl (C=O) groups is 4. The largest absolute Gasteiger partial charge is 0.507 e. The van der Waals surface area contributed by atoms with Crippen LogP contribution in [-0.4, -0.2) is 39.7 Å². The highest BCUT2D eigenvalue weighted by Gasteiger charge is 2.70. The van der Waals surface area contributed by atoms with Crippen LogP contribution < -0.4 is 4.90 Å². The predicted octanol–water partition coefficient (Wildman–Crippen LogP) is 7.69. The quantitative estimate of drug-likeness (QED) is 0.176. The molecule has 0 radical (unpaired) electrons. The molecule has 0 aromatic heterocycles. The summed E-state index contributed by atoms with van der Waals surface area (Å²) in [7, 11) is 0. The molecule has 4 aromatic carbocycles. The number of likely N-dealkylation sites (tertiary alicyclic amines) is 1. The smallest absolute Gasteiger partial charge is 0.246 e. The van der Waals surface area contributed by atoms with Gasteiger partial charge in [0.15, 0.2) is 0 Å². The number of hydrogen-bond acceptors (Lipinski definition) is 5. The van der Waals surface area contributed by atoms with Crippen LogP contribution in [-0.2, 0) is 24.6 Å². The van der Waals surface area contributed by atoms with Gasteiger partial charge in [-0.25, -0.2) is 4.90 Å². The summed E-state index contributed by atoms with van der Waals surface area (Å²) >= 11 is 6.43. The molecule has 5 aliphatic rings. The molecule has 2 aliphatic heterocycles. The minimum Gasteiger partial charge on any atom is -0.507 e. The van der Waals surface area contributed by atoms with Crippen molar-refractivity contribution in [2.24, 2.45) is 23.7 Å². The second kappa shape index (κ2) is 11.7. The van der Waals surface area contributed by atoms with Gasteiger partial charge in [0.25, 0.3) is 0 Å². The Morgan fingerprint density at radius 2 is 1.52 bits per heavy atom. The fourth-order valence-electron chi connectivity index (χ4n) is 10.3. The zero-order valence-corrected chi connectivity index (χ0v) is 28.3. The van der Waals surface area contributed by atoms with E-state index in [9.17, 15) is 19.5 Å². The van der Waals surface area contributed by atoms with Gasteiger partial charge in [-0.1, -0.05) is 115 Å². The molecule has 2 saturated heterocycles. The number of benzene rings is 4. The van der Waals surface area contributed by atoms with Gasteiger partial charge in [0.05, 0.1) is 28.9 Å². The Labute approximate surface area is 295 Å². The Balaban J connectivity index is 1.29. The monoisotopic (exact) mass is 684 g/mol. The minimum atomic E-state index is -1.44. The highest BCUT2D eigenvalue weighted by Crippen LogP contribution is 2.65. The van der Waals surface area contributed by atoms with Crippen molar-refractivity contribution in [2.75, 3.05) is 4.90 Å². The van der Waals surface area contributed by atoms with E-state index in [0.717, 1.165) is 43.1 Å². The van der Waals surface area contributed by atoms with Crippen molar-refractivity contribution in [1.29, 1.82) is 0 Å². The van der Waals surface area contributed by atoms with Crippen molar-refractivity contribution in [3.8, 4) is 5.75 Å². The van der Waals surface area contributed by atoms with Gasteiger partial charge < -0.3 is 5.11 Å². The SMILES string of the molecule is O=C1C2CC3C(=CCC4C(=O)N(C5CCCCC5)C(=O)C43)C(c3ccc4ccccc4c3O)C2(c2ccccc2)C(=O)N1c1cccc(Cl)c1. The molecule has 2 saturated carbocycles. The lowest BCUT2D eigenvalue weighted by Gasteiger charge is -2.50. The number of aromatic hydroxyl groups is 1. The van der Waals surface area contributed by atoms with Crippen molar-refractivity contribution in [1.82, 2.24) is 4.90 Å². The standard InChI is InChI=1S/C42H37ClN2O5/c43-26-13-9-16-28(22-26)45-39(48)34-23-33-30(20-21-31-35(33)40(49)44(38(31)47)27-14-5-2-6-15-27)36(42(34,41(45)50)25-11-3-1-4-12-25)32-19-18-24-10-7-8-17-29(24)37(32)46/h1,3-4,7-13,16-20,22,27,31,33-36,46H,2,5-6,14-15,21,23H2. The molecular weight excluding hydrogens is 648 g/mol. The Hall–Kier alpha value is -4.75. The number of phenols is 1. The number of anilines is 1. The summed E-state index contributed by atoms with van der Waals surface area (Å²) in [5, 5.41) is 14.0. The van der Waals surface area contributed by atoms with E-state index in [4.69, 9.17) is 11.6 Å². The summed E-state index contributed by atoms with van der Waals surface area (Å²) in [5.74, 6) is -4.24. The van der Waals surface area contributed by atoms with Crippen LogP contribution in [0.4, 0.5) is 5.69 Å². The van der Waals surface area contributed by atoms with Gasteiger partial charge >= 0.3 is 0 Å². The van der Waals surface area contributed by atoms with Crippen LogP contribution in [0.5, 0.6) is 5.75 Å². The van der Waals surface area contributed by atoms with Crippen molar-refractivity contribution in [3.05, 3.63) is 119 Å². The summed E-state index contributed by atoms with van der Waals surface area (Å²) in [5.41, 5.74) is 0.984. The van der Waals surface area contributed by atoms with Gasteiger partial charge in [0.2, 0.25) is 23.6 Å². The number of allylic oxidation sites excluding steroid dienone is 2. The lowest BCUT2D eigenvalue weighted by Crippen LogP contribution is -2.53. The summed E-state index contributed by atoms with van der Waals surface area (Å²) in [6.07, 6.45) is 7.37. The third kappa shape index (κ3) is 4.28. The number of hydrogen-bond donors (Lipinski definition) is 1. The third-order valence-electron chi connectivity index (χ3n) is 12.4. The molecular formula is C42H37ClN2O5. The predicted molar refractivity (Wildman–Crippen MR) is 190 cm³/mol. The maximum Gasteiger partial charge on any atom is 0.246 e. The summed E-state index contributed by atoms with van der Waals surface area (Å²) in [6.45, 7) is 0. The van der Waals surface area contributed by atoms with E-state index in [0.29, 0.717) is 33.6 Å². The Morgan fingerprint density at radius 3 is 2.30 bits per heavy atom. The number of fused-ring (bicyclic) bond motifs is 5. The van der Waals surface area contributed by atoms with E-state index in [2.05, 4.69) is 6.08 Å². The van der Waals surface area contributed by atoms with E-state index in [1.165, 1.54) is 4.90 Å². The average Bonchev–Trinajstić information content (AvgIpc) is 3.53. The first-order valence-electron chi connectivity index (χ1n) is 17.8. The van der Waals surface area contributed by atoms with E-state index < -0.39 is 40.9 Å². The van der Waals surface area contributed by atoms with Gasteiger partial charge in [0, 0.05) is 27.9 Å². The molecule has 8 heteroatoms. The lowest BCUT2D eigenvalue weighted by atomic mass is 9.49. The summed E-state index contributed by atoms with van der Waals surface area (Å²) in [4.78, 5) is 61.8. The fraction of sp³-hybridized carbons (Fsp3) is 0.333. The third-order valence-corrected chi connectivity index (χ3v) is 12.6. The van der Waals surface area contributed by atoms with E-state index >= 15 is 4.79 Å². The number of carbonyl (C=O) groups excluding carboxylic acids is 4. The molecule has 1 N–H and O–H groups in total. The number of halogens is 1. The van der Waals surface area contributed by atoms with E-state index in [-0.39, 0.29) is 35.9 Å². The summed E-state index contributed by atoms with van der Waals surface area (Å²) in [6, 6.07) is 27.4. The Kier molecular flexibility index (Phi) is 7.29. The topological polar surface area (TPSA) is 95.0 Å². The number of nitrogens with zero attached hydrogens (tertiary/aromatic N) is 2. The van der Waals surface area contributed by atoms with Gasteiger partial charge in [-0.3, -0.25) is 24.1 Å².